The fraction of sp³-hybridized carbons (Fsp3) is 0. The molecular formula is C15H7ClN2O. The lowest BCUT2D eigenvalue weighted by Gasteiger charge is -1.94. The summed E-state index contributed by atoms with van der Waals surface area (Å²) in [7, 11) is 0. The van der Waals surface area contributed by atoms with E-state index >= 15 is 0 Å². The van der Waals surface area contributed by atoms with Crippen molar-refractivity contribution in [3.63, 3.8) is 0 Å². The van der Waals surface area contributed by atoms with E-state index in [0.29, 0.717) is 32.3 Å². The molecule has 4 heteroatoms. The van der Waals surface area contributed by atoms with Gasteiger partial charge in [0.25, 0.3) is 0 Å². The number of nitrogens with zero attached hydrogens (tertiary/aromatic N) is 2. The molecular weight excluding hydrogens is 260 g/mol. The van der Waals surface area contributed by atoms with Gasteiger partial charge in [-0.15, -0.1) is 0 Å². The lowest BCUT2D eigenvalue weighted by molar-refractivity contribution is 1.42. The highest BCUT2D eigenvalue weighted by atomic mass is 35.5. The van der Waals surface area contributed by atoms with Crippen molar-refractivity contribution in [2.24, 2.45) is 0 Å². The number of halogens is 1. The highest BCUT2D eigenvalue weighted by Crippen LogP contribution is 2.19. The Balaban J connectivity index is 2.65. The number of nitriles is 1. The SMILES string of the molecule is N#Cc1cccc2c(=O)c3cc(Cl)cnc3ccc12. The molecule has 0 saturated heterocycles. The highest BCUT2D eigenvalue weighted by molar-refractivity contribution is 6.31. The largest absolute Gasteiger partial charge is 0.289 e. The molecule has 0 unspecified atom stereocenters. The van der Waals surface area contributed by atoms with Crippen molar-refractivity contribution in [1.82, 2.24) is 4.98 Å². The van der Waals surface area contributed by atoms with Gasteiger partial charge in [-0.3, -0.25) is 9.78 Å². The molecule has 3 aromatic rings. The van der Waals surface area contributed by atoms with Crippen molar-refractivity contribution in [3.8, 4) is 6.07 Å². The third-order valence-corrected chi connectivity index (χ3v) is 3.22. The predicted molar refractivity (Wildman–Crippen MR) is 75.2 cm³/mol. The Bertz CT molecular complexity index is 913. The van der Waals surface area contributed by atoms with Crippen LogP contribution in [0.3, 0.4) is 0 Å². The van der Waals surface area contributed by atoms with Crippen LogP contribution < -0.4 is 5.43 Å². The molecule has 0 atom stereocenters. The zero-order valence-corrected chi connectivity index (χ0v) is 10.5. The fourth-order valence-corrected chi connectivity index (χ4v) is 2.27. The van der Waals surface area contributed by atoms with E-state index in [-0.39, 0.29) is 5.43 Å². The van der Waals surface area contributed by atoms with Crippen LogP contribution in [0.2, 0.25) is 5.02 Å². The molecule has 3 nitrogen and oxygen atoms in total. The lowest BCUT2D eigenvalue weighted by Crippen LogP contribution is -1.99. The Morgan fingerprint density at radius 3 is 2.74 bits per heavy atom. The molecule has 0 radical (unpaired) electrons. The van der Waals surface area contributed by atoms with Crippen LogP contribution >= 0.6 is 11.6 Å². The first-order valence-electron chi connectivity index (χ1n) is 5.62. The van der Waals surface area contributed by atoms with Crippen molar-refractivity contribution < 1.29 is 0 Å². The standard InChI is InChI=1S/C15H7ClN2O/c16-10-6-13-14(18-8-10)5-4-11-9(7-17)2-1-3-12(11)15(13)19/h1-6,8H. The van der Waals surface area contributed by atoms with Crippen molar-refractivity contribution in [2.75, 3.05) is 0 Å². The van der Waals surface area contributed by atoms with Gasteiger partial charge in [0.05, 0.1) is 22.2 Å². The second-order valence-electron chi connectivity index (χ2n) is 4.13. The van der Waals surface area contributed by atoms with Crippen LogP contribution in [-0.4, -0.2) is 4.98 Å². The molecule has 90 valence electrons. The van der Waals surface area contributed by atoms with Crippen LogP contribution in [0.15, 0.2) is 47.4 Å². The number of hydrogen-bond acceptors (Lipinski definition) is 3. The van der Waals surface area contributed by atoms with Crippen LogP contribution in [-0.2, 0) is 0 Å². The van der Waals surface area contributed by atoms with E-state index in [1.165, 1.54) is 6.20 Å². The van der Waals surface area contributed by atoms with Gasteiger partial charge in [-0.25, -0.2) is 0 Å². The number of pyridine rings is 1. The Labute approximate surface area is 113 Å². The Morgan fingerprint density at radius 1 is 1.11 bits per heavy atom. The maximum Gasteiger partial charge on any atom is 0.195 e. The Hall–Kier alpha value is -2.44. The summed E-state index contributed by atoms with van der Waals surface area (Å²) in [6, 6.07) is 12.3. The van der Waals surface area contributed by atoms with Crippen LogP contribution in [0.25, 0.3) is 21.7 Å². The summed E-state index contributed by atoms with van der Waals surface area (Å²) in [5.41, 5.74) is 0.873. The zero-order valence-electron chi connectivity index (χ0n) is 9.72. The molecule has 0 amide bonds. The Kier molecular flexibility index (Phi) is 2.66. The average molecular weight is 267 g/mol. The van der Waals surface area contributed by atoms with E-state index in [1.807, 2.05) is 0 Å². The molecule has 0 spiro atoms. The molecule has 0 bridgehead atoms. The van der Waals surface area contributed by atoms with Gasteiger partial charge in [0, 0.05) is 22.4 Å². The quantitative estimate of drug-likeness (QED) is 0.627. The summed E-state index contributed by atoms with van der Waals surface area (Å²) >= 11 is 5.89. The van der Waals surface area contributed by atoms with E-state index in [4.69, 9.17) is 16.9 Å². The molecule has 1 heterocycles. The lowest BCUT2D eigenvalue weighted by atomic mass is 10.1. The second kappa shape index (κ2) is 4.34. The van der Waals surface area contributed by atoms with Gasteiger partial charge in [0.15, 0.2) is 5.43 Å². The van der Waals surface area contributed by atoms with Crippen molar-refractivity contribution in [2.45, 2.75) is 0 Å². The van der Waals surface area contributed by atoms with Gasteiger partial charge in [0.2, 0.25) is 0 Å². The van der Waals surface area contributed by atoms with Gasteiger partial charge in [-0.1, -0.05) is 29.8 Å². The third kappa shape index (κ3) is 1.83. The Morgan fingerprint density at radius 2 is 1.95 bits per heavy atom. The minimum atomic E-state index is -0.165. The molecule has 2 aromatic carbocycles. The van der Waals surface area contributed by atoms with Crippen LogP contribution in [0.5, 0.6) is 0 Å². The van der Waals surface area contributed by atoms with Crippen molar-refractivity contribution >= 4 is 33.3 Å². The summed E-state index contributed by atoms with van der Waals surface area (Å²) in [5, 5.41) is 11.1. The van der Waals surface area contributed by atoms with Crippen molar-refractivity contribution in [3.05, 3.63) is 63.4 Å². The fourth-order valence-electron chi connectivity index (χ4n) is 2.11. The molecule has 0 fully saturated rings. The zero-order chi connectivity index (χ0) is 13.4. The van der Waals surface area contributed by atoms with E-state index in [1.54, 1.807) is 36.4 Å². The van der Waals surface area contributed by atoms with E-state index in [2.05, 4.69) is 11.1 Å². The molecule has 0 saturated carbocycles. The predicted octanol–water partition coefficient (Wildman–Crippen LogP) is 3.27. The van der Waals surface area contributed by atoms with Crippen LogP contribution in [0.1, 0.15) is 5.56 Å². The molecule has 0 aliphatic carbocycles. The average Bonchev–Trinajstić information content (AvgIpc) is 2.57. The topological polar surface area (TPSA) is 53.8 Å². The molecule has 0 N–H and O–H groups in total. The minimum Gasteiger partial charge on any atom is -0.289 e. The summed E-state index contributed by atoms with van der Waals surface area (Å²) in [6.45, 7) is 0. The molecule has 0 aliphatic heterocycles. The summed E-state index contributed by atoms with van der Waals surface area (Å²) in [6.07, 6.45) is 1.50. The van der Waals surface area contributed by atoms with Gasteiger partial charge in [0.1, 0.15) is 0 Å². The van der Waals surface area contributed by atoms with Gasteiger partial charge < -0.3 is 0 Å². The van der Waals surface area contributed by atoms with Crippen molar-refractivity contribution in [1.29, 1.82) is 5.26 Å². The van der Waals surface area contributed by atoms with E-state index < -0.39 is 0 Å². The summed E-state index contributed by atoms with van der Waals surface area (Å²) in [5.74, 6) is 0. The van der Waals surface area contributed by atoms with E-state index in [9.17, 15) is 4.79 Å². The first-order valence-corrected chi connectivity index (χ1v) is 6.00. The normalized spacial score (nSPS) is 10.5. The smallest absolute Gasteiger partial charge is 0.195 e. The second-order valence-corrected chi connectivity index (χ2v) is 4.56. The maximum absolute atomic E-state index is 12.5. The number of benzene rings is 1. The van der Waals surface area contributed by atoms with Gasteiger partial charge in [-0.05, 0) is 18.2 Å². The molecule has 3 rings (SSSR count). The number of aromatic nitrogens is 1. The first-order chi connectivity index (χ1) is 9.20. The summed E-state index contributed by atoms with van der Waals surface area (Å²) < 4.78 is 0. The molecule has 1 aromatic heterocycles. The van der Waals surface area contributed by atoms with E-state index in [0.717, 1.165) is 0 Å². The summed E-state index contributed by atoms with van der Waals surface area (Å²) in [4.78, 5) is 16.6. The van der Waals surface area contributed by atoms with Gasteiger partial charge in [-0.2, -0.15) is 5.26 Å². The number of hydrogen-bond donors (Lipinski definition) is 0. The third-order valence-electron chi connectivity index (χ3n) is 3.01. The number of rotatable bonds is 0. The van der Waals surface area contributed by atoms with Crippen LogP contribution in [0, 0.1) is 11.3 Å². The highest BCUT2D eigenvalue weighted by Gasteiger charge is 2.06. The minimum absolute atomic E-state index is 0.165. The molecule has 0 aliphatic rings. The monoisotopic (exact) mass is 266 g/mol. The first kappa shape index (κ1) is 11.6. The van der Waals surface area contributed by atoms with Crippen LogP contribution in [0.4, 0.5) is 0 Å². The maximum atomic E-state index is 12.5. The van der Waals surface area contributed by atoms with Gasteiger partial charge >= 0.3 is 0 Å². The molecule has 19 heavy (non-hydrogen) atoms. The number of fused-ring (bicyclic) bond motifs is 2.